The van der Waals surface area contributed by atoms with Crippen molar-refractivity contribution in [2.75, 3.05) is 0 Å². The van der Waals surface area contributed by atoms with Gasteiger partial charge in [-0.1, -0.05) is 23.2 Å². The lowest BCUT2D eigenvalue weighted by atomic mass is 10.4. The number of pyridine rings is 1. The van der Waals surface area contributed by atoms with Crippen LogP contribution < -0.4 is 0 Å². The first kappa shape index (κ1) is 8.53. The highest BCUT2D eigenvalue weighted by Crippen LogP contribution is 2.19. The Labute approximate surface area is 83.9 Å². The van der Waals surface area contributed by atoms with Crippen molar-refractivity contribution in [3.05, 3.63) is 34.3 Å². The lowest BCUT2D eigenvalue weighted by Crippen LogP contribution is -1.90. The number of carbonyl (C=O) groups is 1. The smallest absolute Gasteiger partial charge is 0.186 e. The molecular formula is C8H4Cl2N2O. The zero-order chi connectivity index (χ0) is 9.42. The van der Waals surface area contributed by atoms with Gasteiger partial charge in [0.1, 0.15) is 0 Å². The SMILES string of the molecule is O=Cc1nc(Cl)c2ccc(Cl)cn12. The molecule has 0 saturated carbocycles. The van der Waals surface area contributed by atoms with E-state index < -0.39 is 0 Å². The summed E-state index contributed by atoms with van der Waals surface area (Å²) >= 11 is 11.5. The van der Waals surface area contributed by atoms with E-state index in [-0.39, 0.29) is 5.82 Å². The van der Waals surface area contributed by atoms with Crippen molar-refractivity contribution in [2.45, 2.75) is 0 Å². The van der Waals surface area contributed by atoms with Crippen LogP contribution in [0.4, 0.5) is 0 Å². The van der Waals surface area contributed by atoms with Crippen molar-refractivity contribution < 1.29 is 4.79 Å². The number of aldehydes is 1. The molecule has 13 heavy (non-hydrogen) atoms. The van der Waals surface area contributed by atoms with Crippen molar-refractivity contribution in [2.24, 2.45) is 0 Å². The summed E-state index contributed by atoms with van der Waals surface area (Å²) in [5.74, 6) is 0.252. The maximum Gasteiger partial charge on any atom is 0.186 e. The summed E-state index contributed by atoms with van der Waals surface area (Å²) < 4.78 is 1.55. The van der Waals surface area contributed by atoms with E-state index in [0.29, 0.717) is 22.0 Å². The van der Waals surface area contributed by atoms with Crippen LogP contribution in [0.1, 0.15) is 10.6 Å². The standard InChI is InChI=1S/C8H4Cl2N2O/c9-5-1-2-6-8(10)11-7(4-13)12(6)3-5/h1-4H. The third-order valence-corrected chi connectivity index (χ3v) is 2.19. The van der Waals surface area contributed by atoms with Gasteiger partial charge >= 0.3 is 0 Å². The number of rotatable bonds is 1. The van der Waals surface area contributed by atoms with E-state index >= 15 is 0 Å². The second kappa shape index (κ2) is 3.01. The van der Waals surface area contributed by atoms with Gasteiger partial charge in [-0.2, -0.15) is 0 Å². The molecule has 2 aromatic rings. The van der Waals surface area contributed by atoms with Crippen molar-refractivity contribution in [3.8, 4) is 0 Å². The van der Waals surface area contributed by atoms with Crippen LogP contribution in [0.25, 0.3) is 5.52 Å². The van der Waals surface area contributed by atoms with Gasteiger partial charge in [0.25, 0.3) is 0 Å². The molecule has 5 heteroatoms. The van der Waals surface area contributed by atoms with Gasteiger partial charge in [-0.25, -0.2) is 4.98 Å². The van der Waals surface area contributed by atoms with Gasteiger partial charge in [-0.3, -0.25) is 9.20 Å². The normalized spacial score (nSPS) is 10.6. The Morgan fingerprint density at radius 2 is 2.15 bits per heavy atom. The molecule has 66 valence electrons. The molecule has 2 rings (SSSR count). The first-order valence-corrected chi connectivity index (χ1v) is 4.26. The maximum absolute atomic E-state index is 10.6. The average Bonchev–Trinajstić information content (AvgIpc) is 2.42. The first-order valence-electron chi connectivity index (χ1n) is 3.50. The first-order chi connectivity index (χ1) is 6.22. The lowest BCUT2D eigenvalue weighted by Gasteiger charge is -1.95. The van der Waals surface area contributed by atoms with Crippen molar-refractivity contribution in [1.29, 1.82) is 0 Å². The van der Waals surface area contributed by atoms with Crippen LogP contribution >= 0.6 is 23.2 Å². The van der Waals surface area contributed by atoms with Crippen molar-refractivity contribution in [3.63, 3.8) is 0 Å². The molecule has 0 amide bonds. The second-order valence-electron chi connectivity index (χ2n) is 2.48. The van der Waals surface area contributed by atoms with Gasteiger partial charge < -0.3 is 0 Å². The summed E-state index contributed by atoms with van der Waals surface area (Å²) in [6.45, 7) is 0. The van der Waals surface area contributed by atoms with Crippen LogP contribution in [0.5, 0.6) is 0 Å². The summed E-state index contributed by atoms with van der Waals surface area (Å²) in [7, 11) is 0. The Morgan fingerprint density at radius 1 is 1.38 bits per heavy atom. The fraction of sp³-hybridized carbons (Fsp3) is 0. The predicted octanol–water partition coefficient (Wildman–Crippen LogP) is 2.45. The Bertz CT molecular complexity index is 478. The molecule has 0 unspecified atom stereocenters. The van der Waals surface area contributed by atoms with E-state index in [4.69, 9.17) is 23.2 Å². The molecule has 0 fully saturated rings. The zero-order valence-electron chi connectivity index (χ0n) is 6.37. The van der Waals surface area contributed by atoms with Gasteiger partial charge in [0.05, 0.1) is 10.5 Å². The summed E-state index contributed by atoms with van der Waals surface area (Å²) in [6, 6.07) is 3.41. The zero-order valence-corrected chi connectivity index (χ0v) is 7.88. The molecule has 0 atom stereocenters. The van der Waals surface area contributed by atoms with Gasteiger partial charge in [0.2, 0.25) is 0 Å². The van der Waals surface area contributed by atoms with Crippen LogP contribution in [0.3, 0.4) is 0 Å². The van der Waals surface area contributed by atoms with Gasteiger partial charge in [-0.05, 0) is 12.1 Å². The van der Waals surface area contributed by atoms with E-state index in [9.17, 15) is 4.79 Å². The molecule has 0 aliphatic carbocycles. The molecule has 2 heterocycles. The number of aromatic nitrogens is 2. The summed E-state index contributed by atoms with van der Waals surface area (Å²) in [4.78, 5) is 14.4. The van der Waals surface area contributed by atoms with Crippen LogP contribution in [-0.2, 0) is 0 Å². The molecule has 0 spiro atoms. The Kier molecular flexibility index (Phi) is 1.98. The molecule has 0 N–H and O–H groups in total. The lowest BCUT2D eigenvalue weighted by molar-refractivity contribution is 0.111. The molecule has 3 nitrogen and oxygen atoms in total. The minimum atomic E-state index is 0.252. The van der Waals surface area contributed by atoms with Crippen LogP contribution in [0.2, 0.25) is 10.2 Å². The Hall–Kier alpha value is -1.06. The van der Waals surface area contributed by atoms with E-state index in [2.05, 4.69) is 4.98 Å². The third kappa shape index (κ3) is 1.30. The number of fused-ring (bicyclic) bond motifs is 1. The molecule has 0 bridgehead atoms. The number of halogens is 2. The monoisotopic (exact) mass is 214 g/mol. The number of imidazole rings is 1. The van der Waals surface area contributed by atoms with Crippen molar-refractivity contribution >= 4 is 35.0 Å². The second-order valence-corrected chi connectivity index (χ2v) is 3.28. The largest absolute Gasteiger partial charge is 0.294 e. The molecule has 0 aliphatic heterocycles. The van der Waals surface area contributed by atoms with Crippen LogP contribution in [0.15, 0.2) is 18.3 Å². The molecule has 2 aromatic heterocycles. The van der Waals surface area contributed by atoms with Gasteiger partial charge in [0, 0.05) is 6.20 Å². The van der Waals surface area contributed by atoms with Crippen LogP contribution in [-0.4, -0.2) is 15.7 Å². The fourth-order valence-electron chi connectivity index (χ4n) is 1.13. The van der Waals surface area contributed by atoms with Crippen molar-refractivity contribution in [1.82, 2.24) is 9.38 Å². The van der Waals surface area contributed by atoms with E-state index in [1.54, 1.807) is 22.7 Å². The minimum Gasteiger partial charge on any atom is -0.294 e. The molecular weight excluding hydrogens is 211 g/mol. The predicted molar refractivity (Wildman–Crippen MR) is 50.6 cm³/mol. The number of carbonyl (C=O) groups excluding carboxylic acids is 1. The van der Waals surface area contributed by atoms with E-state index in [1.807, 2.05) is 0 Å². The summed E-state index contributed by atoms with van der Waals surface area (Å²) in [6.07, 6.45) is 2.23. The summed E-state index contributed by atoms with van der Waals surface area (Å²) in [5, 5.41) is 0.837. The highest BCUT2D eigenvalue weighted by Gasteiger charge is 2.07. The molecule has 0 radical (unpaired) electrons. The maximum atomic E-state index is 10.6. The van der Waals surface area contributed by atoms with E-state index in [1.165, 1.54) is 0 Å². The highest BCUT2D eigenvalue weighted by molar-refractivity contribution is 6.33. The number of hydrogen-bond donors (Lipinski definition) is 0. The van der Waals surface area contributed by atoms with Gasteiger partial charge in [-0.15, -0.1) is 0 Å². The average molecular weight is 215 g/mol. The van der Waals surface area contributed by atoms with Crippen LogP contribution in [0, 0.1) is 0 Å². The van der Waals surface area contributed by atoms with E-state index in [0.717, 1.165) is 0 Å². The highest BCUT2D eigenvalue weighted by atomic mass is 35.5. The fourth-order valence-corrected chi connectivity index (χ4v) is 1.53. The molecule has 0 aliphatic rings. The Balaban J connectivity index is 2.89. The third-order valence-electron chi connectivity index (χ3n) is 1.69. The topological polar surface area (TPSA) is 34.4 Å². The minimum absolute atomic E-state index is 0.252. The summed E-state index contributed by atoms with van der Waals surface area (Å²) in [5.41, 5.74) is 0.674. The quantitative estimate of drug-likeness (QED) is 0.684. The Morgan fingerprint density at radius 3 is 2.85 bits per heavy atom. The number of hydrogen-bond acceptors (Lipinski definition) is 2. The van der Waals surface area contributed by atoms with Gasteiger partial charge in [0.15, 0.2) is 17.3 Å². The molecule has 0 aromatic carbocycles. The number of nitrogens with zero attached hydrogens (tertiary/aromatic N) is 2. The molecule has 0 saturated heterocycles.